The summed E-state index contributed by atoms with van der Waals surface area (Å²) in [4.78, 5) is 34.2. The summed E-state index contributed by atoms with van der Waals surface area (Å²) in [6.07, 6.45) is 1.06. The molecular weight excluding hydrogens is 200 g/mol. The molecule has 1 heterocycles. The number of hydrogen-bond acceptors (Lipinski definition) is 3. The van der Waals surface area contributed by atoms with Crippen molar-refractivity contribution >= 4 is 17.8 Å². The SMILES string of the molecule is NC(=O)[C@H](CCC(=O)O)N1CCCC1=O. The van der Waals surface area contributed by atoms with Gasteiger partial charge in [0.1, 0.15) is 6.04 Å². The lowest BCUT2D eigenvalue weighted by molar-refractivity contribution is -0.140. The first-order chi connectivity index (χ1) is 7.02. The number of nitrogens with two attached hydrogens (primary N) is 1. The van der Waals surface area contributed by atoms with Crippen LogP contribution in [0.25, 0.3) is 0 Å². The van der Waals surface area contributed by atoms with E-state index in [0.29, 0.717) is 19.4 Å². The van der Waals surface area contributed by atoms with Crippen molar-refractivity contribution in [2.45, 2.75) is 31.7 Å². The van der Waals surface area contributed by atoms with Crippen molar-refractivity contribution in [1.29, 1.82) is 0 Å². The fraction of sp³-hybridized carbons (Fsp3) is 0.667. The molecule has 1 aliphatic rings. The molecule has 1 fully saturated rings. The van der Waals surface area contributed by atoms with Crippen LogP contribution in [0.4, 0.5) is 0 Å². The van der Waals surface area contributed by atoms with E-state index in [9.17, 15) is 14.4 Å². The van der Waals surface area contributed by atoms with Crippen molar-refractivity contribution in [3.8, 4) is 0 Å². The summed E-state index contributed by atoms with van der Waals surface area (Å²) in [5, 5.41) is 8.50. The second-order valence-electron chi connectivity index (χ2n) is 3.54. The Morgan fingerprint density at radius 1 is 1.53 bits per heavy atom. The van der Waals surface area contributed by atoms with Gasteiger partial charge in [0.15, 0.2) is 0 Å². The second kappa shape index (κ2) is 4.77. The van der Waals surface area contributed by atoms with Gasteiger partial charge in [-0.3, -0.25) is 14.4 Å². The van der Waals surface area contributed by atoms with Crippen molar-refractivity contribution in [2.24, 2.45) is 5.73 Å². The highest BCUT2D eigenvalue weighted by atomic mass is 16.4. The highest BCUT2D eigenvalue weighted by molar-refractivity contribution is 5.88. The van der Waals surface area contributed by atoms with Crippen LogP contribution in [0.3, 0.4) is 0 Å². The number of likely N-dealkylation sites (tertiary alicyclic amines) is 1. The zero-order chi connectivity index (χ0) is 11.4. The maximum Gasteiger partial charge on any atom is 0.303 e. The van der Waals surface area contributed by atoms with Crippen molar-refractivity contribution in [3.63, 3.8) is 0 Å². The van der Waals surface area contributed by atoms with Gasteiger partial charge >= 0.3 is 5.97 Å². The summed E-state index contributed by atoms with van der Waals surface area (Å²) in [6, 6.07) is -0.768. The molecule has 0 aliphatic carbocycles. The van der Waals surface area contributed by atoms with Gasteiger partial charge in [0.25, 0.3) is 0 Å². The molecule has 0 unspecified atom stereocenters. The van der Waals surface area contributed by atoms with Crippen LogP contribution in [0, 0.1) is 0 Å². The first-order valence-corrected chi connectivity index (χ1v) is 4.83. The normalized spacial score (nSPS) is 17.9. The first-order valence-electron chi connectivity index (χ1n) is 4.83. The lowest BCUT2D eigenvalue weighted by atomic mass is 10.1. The van der Waals surface area contributed by atoms with E-state index in [2.05, 4.69) is 0 Å². The third kappa shape index (κ3) is 2.93. The third-order valence-electron chi connectivity index (χ3n) is 2.45. The Hall–Kier alpha value is -1.59. The Morgan fingerprint density at radius 2 is 2.20 bits per heavy atom. The van der Waals surface area contributed by atoms with Crippen LogP contribution in [0.2, 0.25) is 0 Å². The number of amides is 2. The summed E-state index contributed by atoms with van der Waals surface area (Å²) in [7, 11) is 0. The molecule has 0 aromatic heterocycles. The highest BCUT2D eigenvalue weighted by Crippen LogP contribution is 2.16. The Morgan fingerprint density at radius 3 is 2.60 bits per heavy atom. The summed E-state index contributed by atoms with van der Waals surface area (Å²) < 4.78 is 0. The van der Waals surface area contributed by atoms with Crippen LogP contribution in [-0.2, 0) is 14.4 Å². The molecule has 0 aromatic carbocycles. The fourth-order valence-corrected chi connectivity index (χ4v) is 1.71. The van der Waals surface area contributed by atoms with E-state index in [1.807, 2.05) is 0 Å². The van der Waals surface area contributed by atoms with Gasteiger partial charge in [0, 0.05) is 19.4 Å². The van der Waals surface area contributed by atoms with E-state index in [1.54, 1.807) is 0 Å². The predicted molar refractivity (Wildman–Crippen MR) is 50.8 cm³/mol. The van der Waals surface area contributed by atoms with Crippen LogP contribution in [0.15, 0.2) is 0 Å². The number of hydrogen-bond donors (Lipinski definition) is 2. The van der Waals surface area contributed by atoms with Gasteiger partial charge < -0.3 is 15.7 Å². The number of rotatable bonds is 5. The molecule has 1 saturated heterocycles. The predicted octanol–water partition coefficient (Wildman–Crippen LogP) is -0.673. The van der Waals surface area contributed by atoms with Gasteiger partial charge in [-0.25, -0.2) is 0 Å². The quantitative estimate of drug-likeness (QED) is 0.633. The van der Waals surface area contributed by atoms with E-state index in [4.69, 9.17) is 10.8 Å². The standard InChI is InChI=1S/C9H14N2O4/c10-9(15)6(3-4-8(13)14)11-5-1-2-7(11)12/h6H,1-5H2,(H2,10,15)(H,13,14)/t6-/m0/s1. The molecular formula is C9H14N2O4. The maximum atomic E-state index is 11.3. The van der Waals surface area contributed by atoms with Crippen molar-refractivity contribution in [2.75, 3.05) is 6.54 Å². The average molecular weight is 214 g/mol. The van der Waals surface area contributed by atoms with Crippen molar-refractivity contribution in [3.05, 3.63) is 0 Å². The molecule has 15 heavy (non-hydrogen) atoms. The van der Waals surface area contributed by atoms with Crippen LogP contribution in [-0.4, -0.2) is 40.4 Å². The minimum absolute atomic E-state index is 0.0937. The van der Waals surface area contributed by atoms with Gasteiger partial charge in [-0.05, 0) is 12.8 Å². The molecule has 6 nitrogen and oxygen atoms in total. The number of aliphatic carboxylic acids is 1. The minimum Gasteiger partial charge on any atom is -0.481 e. The number of carboxylic acid groups (broad SMARTS) is 1. The summed E-state index contributed by atoms with van der Waals surface area (Å²) in [5.74, 6) is -1.75. The lowest BCUT2D eigenvalue weighted by Gasteiger charge is -2.24. The zero-order valence-electron chi connectivity index (χ0n) is 8.31. The lowest BCUT2D eigenvalue weighted by Crippen LogP contribution is -2.45. The summed E-state index contributed by atoms with van der Waals surface area (Å²) >= 11 is 0. The molecule has 2 amide bonds. The monoisotopic (exact) mass is 214 g/mol. The molecule has 0 bridgehead atoms. The maximum absolute atomic E-state index is 11.3. The van der Waals surface area contributed by atoms with E-state index in [-0.39, 0.29) is 18.7 Å². The molecule has 1 rings (SSSR count). The molecule has 0 spiro atoms. The molecule has 1 atom stereocenters. The minimum atomic E-state index is -0.993. The molecule has 0 saturated carbocycles. The number of nitrogens with zero attached hydrogens (tertiary/aromatic N) is 1. The first kappa shape index (κ1) is 11.5. The summed E-state index contributed by atoms with van der Waals surface area (Å²) in [5.41, 5.74) is 5.14. The number of carbonyl (C=O) groups is 3. The number of primary amides is 1. The van der Waals surface area contributed by atoms with Gasteiger partial charge in [0.05, 0.1) is 0 Å². The average Bonchev–Trinajstić information content (AvgIpc) is 2.51. The molecule has 0 aromatic rings. The highest BCUT2D eigenvalue weighted by Gasteiger charge is 2.31. The topological polar surface area (TPSA) is 101 Å². The molecule has 1 aliphatic heterocycles. The molecule has 6 heteroatoms. The van der Waals surface area contributed by atoms with E-state index < -0.39 is 17.9 Å². The van der Waals surface area contributed by atoms with Gasteiger partial charge in [0.2, 0.25) is 11.8 Å². The van der Waals surface area contributed by atoms with Gasteiger partial charge in [-0.2, -0.15) is 0 Å². The smallest absolute Gasteiger partial charge is 0.303 e. The Labute approximate surface area is 87.0 Å². The molecule has 3 N–H and O–H groups in total. The number of carbonyl (C=O) groups excluding carboxylic acids is 2. The van der Waals surface area contributed by atoms with Crippen molar-refractivity contribution < 1.29 is 19.5 Å². The molecule has 84 valence electrons. The van der Waals surface area contributed by atoms with E-state index in [0.717, 1.165) is 0 Å². The fourth-order valence-electron chi connectivity index (χ4n) is 1.71. The van der Waals surface area contributed by atoms with Gasteiger partial charge in [-0.1, -0.05) is 0 Å². The Balaban J connectivity index is 2.61. The zero-order valence-corrected chi connectivity index (χ0v) is 8.31. The van der Waals surface area contributed by atoms with Crippen LogP contribution in [0.1, 0.15) is 25.7 Å². The second-order valence-corrected chi connectivity index (χ2v) is 3.54. The number of carboxylic acids is 1. The largest absolute Gasteiger partial charge is 0.481 e. The van der Waals surface area contributed by atoms with E-state index in [1.165, 1.54) is 4.90 Å². The molecule has 0 radical (unpaired) electrons. The Bertz CT molecular complexity index is 290. The van der Waals surface area contributed by atoms with Crippen LogP contribution in [0.5, 0.6) is 0 Å². The van der Waals surface area contributed by atoms with E-state index >= 15 is 0 Å². The third-order valence-corrected chi connectivity index (χ3v) is 2.45. The summed E-state index contributed by atoms with van der Waals surface area (Å²) in [6.45, 7) is 0.492. The van der Waals surface area contributed by atoms with Crippen molar-refractivity contribution in [1.82, 2.24) is 4.90 Å². The van der Waals surface area contributed by atoms with Crippen LogP contribution < -0.4 is 5.73 Å². The van der Waals surface area contributed by atoms with Crippen LogP contribution >= 0.6 is 0 Å². The Kier molecular flexibility index (Phi) is 3.65. The van der Waals surface area contributed by atoms with Gasteiger partial charge in [-0.15, -0.1) is 0 Å².